The van der Waals surface area contributed by atoms with Crippen LogP contribution in [-0.4, -0.2) is 31.6 Å². The van der Waals surface area contributed by atoms with Crippen molar-refractivity contribution >= 4 is 29.3 Å². The van der Waals surface area contributed by atoms with Gasteiger partial charge in [-0.15, -0.1) is 10.2 Å². The van der Waals surface area contributed by atoms with Crippen LogP contribution in [0.25, 0.3) is 5.69 Å². The minimum Gasteiger partial charge on any atom is -0.481 e. The second-order valence-electron chi connectivity index (χ2n) is 4.55. The molecule has 5 nitrogen and oxygen atoms in total. The van der Waals surface area contributed by atoms with Crippen molar-refractivity contribution in [2.24, 2.45) is 0 Å². The number of hydrogen-bond acceptors (Lipinski definition) is 4. The maximum Gasteiger partial charge on any atom is 0.313 e. The monoisotopic (exact) mass is 325 g/mol. The highest BCUT2D eigenvalue weighted by atomic mass is 35.5. The van der Waals surface area contributed by atoms with Crippen LogP contribution in [0.2, 0.25) is 5.02 Å². The van der Waals surface area contributed by atoms with Crippen molar-refractivity contribution in [1.29, 1.82) is 0 Å². The fourth-order valence-electron chi connectivity index (χ4n) is 1.99. The molecular formula is C14H16ClN3O2S. The van der Waals surface area contributed by atoms with Crippen LogP contribution >= 0.6 is 23.4 Å². The molecule has 0 radical (unpaired) electrons. The first kappa shape index (κ1) is 15.9. The standard InChI is InChI=1S/C14H16ClN3O2S/c1-3-5-12-16-17-14(21-8-13(19)20)18(12)11-7-4-6-10(15)9(11)2/h4,6-7H,3,5,8H2,1-2H3,(H,19,20). The van der Waals surface area contributed by atoms with Gasteiger partial charge in [-0.25, -0.2) is 0 Å². The Hall–Kier alpha value is -1.53. The molecule has 1 heterocycles. The van der Waals surface area contributed by atoms with Crippen molar-refractivity contribution in [1.82, 2.24) is 14.8 Å². The Bertz CT molecular complexity index is 658. The van der Waals surface area contributed by atoms with Crippen LogP contribution in [0, 0.1) is 6.92 Å². The summed E-state index contributed by atoms with van der Waals surface area (Å²) in [5.41, 5.74) is 1.82. The van der Waals surface area contributed by atoms with E-state index < -0.39 is 5.97 Å². The van der Waals surface area contributed by atoms with E-state index in [0.717, 1.165) is 41.7 Å². The average molecular weight is 326 g/mol. The molecule has 0 aliphatic rings. The normalized spacial score (nSPS) is 10.8. The second-order valence-corrected chi connectivity index (χ2v) is 5.90. The number of halogens is 1. The van der Waals surface area contributed by atoms with E-state index in [9.17, 15) is 4.79 Å². The number of benzene rings is 1. The van der Waals surface area contributed by atoms with E-state index in [1.807, 2.05) is 29.7 Å². The van der Waals surface area contributed by atoms with Crippen LogP contribution in [0.15, 0.2) is 23.4 Å². The third-order valence-corrected chi connectivity index (χ3v) is 4.30. The van der Waals surface area contributed by atoms with E-state index in [1.54, 1.807) is 0 Å². The van der Waals surface area contributed by atoms with Gasteiger partial charge >= 0.3 is 5.97 Å². The Morgan fingerprint density at radius 1 is 1.43 bits per heavy atom. The Kier molecular flexibility index (Phi) is 5.25. The summed E-state index contributed by atoms with van der Waals surface area (Å²) in [6, 6.07) is 5.63. The van der Waals surface area contributed by atoms with Crippen LogP contribution in [-0.2, 0) is 11.2 Å². The molecule has 1 N–H and O–H groups in total. The molecule has 1 aromatic carbocycles. The van der Waals surface area contributed by atoms with Crippen LogP contribution < -0.4 is 0 Å². The molecule has 7 heteroatoms. The molecule has 0 spiro atoms. The molecule has 21 heavy (non-hydrogen) atoms. The van der Waals surface area contributed by atoms with Crippen molar-refractivity contribution in [3.8, 4) is 5.69 Å². The number of aromatic nitrogens is 3. The molecular weight excluding hydrogens is 310 g/mol. The summed E-state index contributed by atoms with van der Waals surface area (Å²) in [7, 11) is 0. The van der Waals surface area contributed by atoms with E-state index >= 15 is 0 Å². The van der Waals surface area contributed by atoms with Gasteiger partial charge in [0.15, 0.2) is 5.16 Å². The Balaban J connectivity index is 2.50. The molecule has 0 amide bonds. The lowest BCUT2D eigenvalue weighted by molar-refractivity contribution is -0.133. The highest BCUT2D eigenvalue weighted by molar-refractivity contribution is 7.99. The van der Waals surface area contributed by atoms with Crippen molar-refractivity contribution in [2.45, 2.75) is 31.8 Å². The lowest BCUT2D eigenvalue weighted by Crippen LogP contribution is -2.06. The van der Waals surface area contributed by atoms with E-state index in [1.165, 1.54) is 0 Å². The molecule has 0 saturated heterocycles. The molecule has 0 unspecified atom stereocenters. The molecule has 112 valence electrons. The number of nitrogens with zero attached hydrogens (tertiary/aromatic N) is 3. The summed E-state index contributed by atoms with van der Waals surface area (Å²) in [5.74, 6) is -0.116. The SMILES string of the molecule is CCCc1nnc(SCC(=O)O)n1-c1cccc(Cl)c1C. The Labute approximate surface area is 132 Å². The molecule has 2 aromatic rings. The first-order chi connectivity index (χ1) is 10.0. The lowest BCUT2D eigenvalue weighted by Gasteiger charge is -2.13. The van der Waals surface area contributed by atoms with Crippen LogP contribution in [0.3, 0.4) is 0 Å². The quantitative estimate of drug-likeness (QED) is 0.825. The second kappa shape index (κ2) is 6.95. The lowest BCUT2D eigenvalue weighted by atomic mass is 10.2. The zero-order valence-corrected chi connectivity index (χ0v) is 13.4. The first-order valence-corrected chi connectivity index (χ1v) is 7.95. The predicted octanol–water partition coefficient (Wildman–Crippen LogP) is 3.36. The van der Waals surface area contributed by atoms with Gasteiger partial charge in [0, 0.05) is 11.4 Å². The van der Waals surface area contributed by atoms with Crippen molar-refractivity contribution in [3.05, 3.63) is 34.6 Å². The third kappa shape index (κ3) is 3.57. The highest BCUT2D eigenvalue weighted by Crippen LogP contribution is 2.28. The summed E-state index contributed by atoms with van der Waals surface area (Å²) < 4.78 is 1.90. The molecule has 1 aromatic heterocycles. The summed E-state index contributed by atoms with van der Waals surface area (Å²) in [6.45, 7) is 3.99. The van der Waals surface area contributed by atoms with Crippen LogP contribution in [0.1, 0.15) is 24.7 Å². The average Bonchev–Trinajstić information content (AvgIpc) is 2.83. The minimum absolute atomic E-state index is 0.0517. The van der Waals surface area contributed by atoms with Gasteiger partial charge in [0.2, 0.25) is 0 Å². The van der Waals surface area contributed by atoms with Crippen LogP contribution in [0.4, 0.5) is 0 Å². The maximum atomic E-state index is 10.8. The molecule has 0 bridgehead atoms. The number of carbonyl (C=O) groups is 1. The number of thioether (sulfide) groups is 1. The number of aryl methyl sites for hydroxylation is 1. The van der Waals surface area contributed by atoms with Gasteiger partial charge in [-0.3, -0.25) is 9.36 Å². The molecule has 0 aliphatic carbocycles. The van der Waals surface area contributed by atoms with Crippen molar-refractivity contribution in [3.63, 3.8) is 0 Å². The van der Waals surface area contributed by atoms with Gasteiger partial charge in [0.05, 0.1) is 11.4 Å². The largest absolute Gasteiger partial charge is 0.481 e. The van der Waals surface area contributed by atoms with Crippen molar-refractivity contribution in [2.75, 3.05) is 5.75 Å². The number of rotatable bonds is 6. The number of carboxylic acid groups (broad SMARTS) is 1. The number of hydrogen-bond donors (Lipinski definition) is 1. The molecule has 2 rings (SSSR count). The first-order valence-electron chi connectivity index (χ1n) is 6.59. The summed E-state index contributed by atoms with van der Waals surface area (Å²) in [6.07, 6.45) is 1.70. The van der Waals surface area contributed by atoms with Gasteiger partial charge in [0.1, 0.15) is 5.82 Å². The van der Waals surface area contributed by atoms with Gasteiger partial charge in [-0.2, -0.15) is 0 Å². The van der Waals surface area contributed by atoms with E-state index in [4.69, 9.17) is 16.7 Å². The zero-order chi connectivity index (χ0) is 15.4. The third-order valence-electron chi connectivity index (χ3n) is 2.98. The van der Waals surface area contributed by atoms with E-state index in [0.29, 0.717) is 10.2 Å². The summed E-state index contributed by atoms with van der Waals surface area (Å²) in [4.78, 5) is 10.8. The molecule has 0 saturated carbocycles. The summed E-state index contributed by atoms with van der Waals surface area (Å²) in [5, 5.41) is 18.4. The van der Waals surface area contributed by atoms with Crippen molar-refractivity contribution < 1.29 is 9.90 Å². The highest BCUT2D eigenvalue weighted by Gasteiger charge is 2.17. The Morgan fingerprint density at radius 3 is 2.86 bits per heavy atom. The van der Waals surface area contributed by atoms with Gasteiger partial charge < -0.3 is 5.11 Å². The number of aliphatic carboxylic acids is 1. The minimum atomic E-state index is -0.880. The Morgan fingerprint density at radius 2 is 2.19 bits per heavy atom. The van der Waals surface area contributed by atoms with Gasteiger partial charge in [0.25, 0.3) is 0 Å². The predicted molar refractivity (Wildman–Crippen MR) is 83.5 cm³/mol. The molecule has 0 aliphatic heterocycles. The van der Waals surface area contributed by atoms with E-state index in [-0.39, 0.29) is 5.75 Å². The van der Waals surface area contributed by atoms with Crippen LogP contribution in [0.5, 0.6) is 0 Å². The zero-order valence-electron chi connectivity index (χ0n) is 11.8. The van der Waals surface area contributed by atoms with E-state index in [2.05, 4.69) is 17.1 Å². The maximum absolute atomic E-state index is 10.8. The molecule has 0 atom stereocenters. The molecule has 0 fully saturated rings. The topological polar surface area (TPSA) is 68.0 Å². The fourth-order valence-corrected chi connectivity index (χ4v) is 2.84. The van der Waals surface area contributed by atoms with Gasteiger partial charge in [-0.1, -0.05) is 36.4 Å². The number of carboxylic acids is 1. The summed E-state index contributed by atoms with van der Waals surface area (Å²) >= 11 is 7.34. The fraction of sp³-hybridized carbons (Fsp3) is 0.357. The van der Waals surface area contributed by atoms with Gasteiger partial charge in [-0.05, 0) is 31.0 Å². The smallest absolute Gasteiger partial charge is 0.313 e.